The van der Waals surface area contributed by atoms with E-state index in [0.29, 0.717) is 5.92 Å². The van der Waals surface area contributed by atoms with Crippen molar-refractivity contribution in [3.63, 3.8) is 0 Å². The Bertz CT molecular complexity index is 828. The van der Waals surface area contributed by atoms with Gasteiger partial charge in [-0.2, -0.15) is 5.10 Å². The Morgan fingerprint density at radius 2 is 2.27 bits per heavy atom. The molecule has 4 rings (SSSR count). The molecule has 0 spiro atoms. The van der Waals surface area contributed by atoms with E-state index >= 15 is 0 Å². The Labute approximate surface area is 153 Å². The molecule has 2 atom stereocenters. The molecule has 0 radical (unpaired) electrons. The summed E-state index contributed by atoms with van der Waals surface area (Å²) in [4.78, 5) is 3.99. The summed E-state index contributed by atoms with van der Waals surface area (Å²) in [7, 11) is 0. The molecule has 0 bridgehead atoms. The third-order valence-electron chi connectivity index (χ3n) is 4.93. The van der Waals surface area contributed by atoms with E-state index in [9.17, 15) is 0 Å². The first kappa shape index (κ1) is 16.8. The van der Waals surface area contributed by atoms with Crippen LogP contribution in [0.4, 0.5) is 5.69 Å². The molecule has 6 nitrogen and oxygen atoms in total. The largest absolute Gasteiger partial charge is 0.444 e. The van der Waals surface area contributed by atoms with Gasteiger partial charge in [0.25, 0.3) is 0 Å². The summed E-state index contributed by atoms with van der Waals surface area (Å²) in [5.74, 6) is 1.19. The Morgan fingerprint density at radius 3 is 3.12 bits per heavy atom. The molecule has 1 N–H and O–H groups in total. The van der Waals surface area contributed by atoms with Gasteiger partial charge in [-0.05, 0) is 38.0 Å². The molecule has 0 saturated carbocycles. The van der Waals surface area contributed by atoms with E-state index in [-0.39, 0.29) is 6.10 Å². The first-order valence-electron chi connectivity index (χ1n) is 9.21. The Morgan fingerprint density at radius 1 is 1.31 bits per heavy atom. The van der Waals surface area contributed by atoms with Crippen LogP contribution in [0.5, 0.6) is 0 Å². The van der Waals surface area contributed by atoms with Crippen molar-refractivity contribution in [3.8, 4) is 11.3 Å². The van der Waals surface area contributed by atoms with Crippen LogP contribution in [0.1, 0.15) is 31.6 Å². The number of hydrogen-bond acceptors (Lipinski definition) is 5. The van der Waals surface area contributed by atoms with Crippen LogP contribution >= 0.6 is 0 Å². The van der Waals surface area contributed by atoms with Crippen LogP contribution in [-0.2, 0) is 11.3 Å². The van der Waals surface area contributed by atoms with Gasteiger partial charge in [-0.1, -0.05) is 12.1 Å². The molecule has 136 valence electrons. The molecule has 6 heteroatoms. The number of ether oxygens (including phenoxy) is 1. The van der Waals surface area contributed by atoms with Gasteiger partial charge in [-0.3, -0.25) is 4.68 Å². The number of oxazole rings is 1. The molecule has 0 aliphatic carbocycles. The van der Waals surface area contributed by atoms with Gasteiger partial charge in [0.2, 0.25) is 0 Å². The van der Waals surface area contributed by atoms with Gasteiger partial charge in [0, 0.05) is 43.1 Å². The predicted octanol–water partition coefficient (Wildman–Crippen LogP) is 4.14. The minimum absolute atomic E-state index is 0.0937. The van der Waals surface area contributed by atoms with E-state index < -0.39 is 0 Å². The van der Waals surface area contributed by atoms with Gasteiger partial charge >= 0.3 is 0 Å². The fourth-order valence-electron chi connectivity index (χ4n) is 3.62. The lowest BCUT2D eigenvalue weighted by atomic mass is 9.92. The maximum absolute atomic E-state index is 6.12. The highest BCUT2D eigenvalue weighted by molar-refractivity contribution is 5.63. The van der Waals surface area contributed by atoms with E-state index in [0.717, 1.165) is 49.5 Å². The van der Waals surface area contributed by atoms with Crippen molar-refractivity contribution in [1.29, 1.82) is 0 Å². The summed E-state index contributed by atoms with van der Waals surface area (Å²) in [6.45, 7) is 4.65. The van der Waals surface area contributed by atoms with Gasteiger partial charge in [-0.25, -0.2) is 4.98 Å². The molecule has 2 aromatic heterocycles. The highest BCUT2D eigenvalue weighted by atomic mass is 16.5. The number of nitrogens with one attached hydrogen (secondary N) is 1. The minimum Gasteiger partial charge on any atom is -0.444 e. The van der Waals surface area contributed by atoms with E-state index in [1.807, 2.05) is 23.0 Å². The zero-order valence-corrected chi connectivity index (χ0v) is 15.0. The fraction of sp³-hybridized carbons (Fsp3) is 0.400. The topological polar surface area (TPSA) is 65.1 Å². The summed E-state index contributed by atoms with van der Waals surface area (Å²) in [5, 5.41) is 7.98. The number of benzene rings is 1. The molecule has 1 fully saturated rings. The lowest BCUT2D eigenvalue weighted by Crippen LogP contribution is -2.30. The van der Waals surface area contributed by atoms with Crippen LogP contribution in [0.25, 0.3) is 11.3 Å². The predicted molar refractivity (Wildman–Crippen MR) is 99.7 cm³/mol. The summed E-state index contributed by atoms with van der Waals surface area (Å²) in [6, 6.07) is 10.3. The molecule has 1 aromatic carbocycles. The van der Waals surface area contributed by atoms with Gasteiger partial charge < -0.3 is 14.5 Å². The van der Waals surface area contributed by atoms with Gasteiger partial charge in [0.05, 0.1) is 11.9 Å². The van der Waals surface area contributed by atoms with Crippen molar-refractivity contribution < 1.29 is 9.15 Å². The SMILES string of the molecule is CCn1nccc1[C@@H]1OCCC[C@H]1CNc1cccc(-c2cnco2)c1. The summed E-state index contributed by atoms with van der Waals surface area (Å²) >= 11 is 0. The minimum atomic E-state index is 0.0937. The highest BCUT2D eigenvalue weighted by Crippen LogP contribution is 2.34. The van der Waals surface area contributed by atoms with Crippen LogP contribution in [0, 0.1) is 5.92 Å². The molecule has 3 aromatic rings. The third kappa shape index (κ3) is 3.51. The maximum atomic E-state index is 6.12. The van der Waals surface area contributed by atoms with Crippen molar-refractivity contribution in [2.24, 2.45) is 5.92 Å². The maximum Gasteiger partial charge on any atom is 0.181 e. The zero-order valence-electron chi connectivity index (χ0n) is 15.0. The zero-order chi connectivity index (χ0) is 17.8. The average molecular weight is 352 g/mol. The quantitative estimate of drug-likeness (QED) is 0.722. The van der Waals surface area contributed by atoms with E-state index in [1.165, 1.54) is 12.1 Å². The lowest BCUT2D eigenvalue weighted by molar-refractivity contribution is -0.0288. The second-order valence-electron chi connectivity index (χ2n) is 6.59. The smallest absolute Gasteiger partial charge is 0.181 e. The van der Waals surface area contributed by atoms with Crippen molar-refractivity contribution in [2.45, 2.75) is 32.4 Å². The normalized spacial score (nSPS) is 20.2. The number of aryl methyl sites for hydroxylation is 1. The second-order valence-corrected chi connectivity index (χ2v) is 6.59. The monoisotopic (exact) mass is 352 g/mol. The standard InChI is InChI=1S/C20H24N4O2/c1-2-24-18(8-9-23-24)20-16(6-4-10-25-20)12-22-17-7-3-5-15(11-17)19-13-21-14-26-19/h3,5,7-9,11,13-14,16,20,22H,2,4,6,10,12H2,1H3/t16-,20+/m0/s1. The van der Waals surface area contributed by atoms with Crippen LogP contribution < -0.4 is 5.32 Å². The number of hydrogen-bond donors (Lipinski definition) is 1. The highest BCUT2D eigenvalue weighted by Gasteiger charge is 2.29. The van der Waals surface area contributed by atoms with Crippen LogP contribution in [-0.4, -0.2) is 27.9 Å². The van der Waals surface area contributed by atoms with Crippen molar-refractivity contribution in [2.75, 3.05) is 18.5 Å². The number of nitrogens with zero attached hydrogens (tertiary/aromatic N) is 3. The molecule has 26 heavy (non-hydrogen) atoms. The first-order valence-corrected chi connectivity index (χ1v) is 9.21. The summed E-state index contributed by atoms with van der Waals surface area (Å²) < 4.78 is 13.6. The van der Waals surface area contributed by atoms with E-state index in [2.05, 4.69) is 40.5 Å². The fourth-order valence-corrected chi connectivity index (χ4v) is 3.62. The molecule has 3 heterocycles. The Kier molecular flexibility index (Phi) is 5.02. The third-order valence-corrected chi connectivity index (χ3v) is 4.93. The van der Waals surface area contributed by atoms with Crippen LogP contribution in [0.2, 0.25) is 0 Å². The van der Waals surface area contributed by atoms with E-state index in [4.69, 9.17) is 9.15 Å². The first-order chi connectivity index (χ1) is 12.8. The molecule has 1 saturated heterocycles. The number of aromatic nitrogens is 3. The second kappa shape index (κ2) is 7.74. The summed E-state index contributed by atoms with van der Waals surface area (Å²) in [5.41, 5.74) is 3.27. The van der Waals surface area contributed by atoms with Crippen LogP contribution in [0.3, 0.4) is 0 Å². The summed E-state index contributed by atoms with van der Waals surface area (Å²) in [6.07, 6.45) is 7.39. The lowest BCUT2D eigenvalue weighted by Gasteiger charge is -2.32. The van der Waals surface area contributed by atoms with Crippen molar-refractivity contribution in [3.05, 3.63) is 54.8 Å². The Balaban J connectivity index is 1.47. The number of rotatable bonds is 6. The molecule has 1 aliphatic heterocycles. The Hall–Kier alpha value is -2.60. The van der Waals surface area contributed by atoms with Gasteiger partial charge in [-0.15, -0.1) is 0 Å². The van der Waals surface area contributed by atoms with Crippen molar-refractivity contribution in [1.82, 2.24) is 14.8 Å². The molecule has 0 amide bonds. The van der Waals surface area contributed by atoms with Crippen LogP contribution in [0.15, 0.2) is 53.5 Å². The van der Waals surface area contributed by atoms with E-state index in [1.54, 1.807) is 6.20 Å². The molecule has 0 unspecified atom stereocenters. The van der Waals surface area contributed by atoms with Gasteiger partial charge in [0.15, 0.2) is 12.2 Å². The molecule has 1 aliphatic rings. The van der Waals surface area contributed by atoms with Crippen molar-refractivity contribution >= 4 is 5.69 Å². The average Bonchev–Trinajstić information content (AvgIpc) is 3.38. The van der Waals surface area contributed by atoms with Gasteiger partial charge in [0.1, 0.15) is 6.10 Å². The molecular formula is C20H24N4O2. The number of anilines is 1. The molecular weight excluding hydrogens is 328 g/mol.